The number of hydrogen-bond donors (Lipinski definition) is 2. The third-order valence-electron chi connectivity index (χ3n) is 4.38. The lowest BCUT2D eigenvalue weighted by Gasteiger charge is -2.21. The van der Waals surface area contributed by atoms with E-state index in [2.05, 4.69) is 16.3 Å². The predicted molar refractivity (Wildman–Crippen MR) is 84.5 cm³/mol. The molecule has 1 amide bonds. The number of likely N-dealkylation sites (tertiary alicyclic amines) is 1. The van der Waals surface area contributed by atoms with E-state index in [1.54, 1.807) is 0 Å². The molecule has 0 aliphatic carbocycles. The number of aliphatic hydroxyl groups is 1. The summed E-state index contributed by atoms with van der Waals surface area (Å²) in [5.41, 5.74) is 2.00. The van der Waals surface area contributed by atoms with Gasteiger partial charge in [-0.3, -0.25) is 9.69 Å². The molecule has 1 aromatic rings. The summed E-state index contributed by atoms with van der Waals surface area (Å²) >= 11 is 0. The molecule has 2 N–H and O–H groups in total. The zero-order chi connectivity index (χ0) is 15.4. The number of aliphatic hydroxyl groups excluding tert-OH is 1. The Labute approximate surface area is 131 Å². The first-order valence-corrected chi connectivity index (χ1v) is 8.08. The average Bonchev–Trinajstić information content (AvgIpc) is 2.93. The highest BCUT2D eigenvalue weighted by Gasteiger charge is 2.22. The summed E-state index contributed by atoms with van der Waals surface area (Å²) in [5.74, 6) is 0.0135. The first-order valence-electron chi connectivity index (χ1n) is 8.08. The summed E-state index contributed by atoms with van der Waals surface area (Å²) < 4.78 is 5.37. The number of ether oxygens (including phenoxy) is 1. The van der Waals surface area contributed by atoms with Crippen LogP contribution in [0.25, 0.3) is 0 Å². The van der Waals surface area contributed by atoms with Crippen molar-refractivity contribution in [2.75, 3.05) is 31.6 Å². The second-order valence-electron chi connectivity index (χ2n) is 6.28. The molecule has 2 atom stereocenters. The Morgan fingerprint density at radius 3 is 3.05 bits per heavy atom. The number of carbonyl (C=O) groups is 1. The zero-order valence-corrected chi connectivity index (χ0v) is 12.8. The second kappa shape index (κ2) is 7.22. The van der Waals surface area contributed by atoms with Crippen LogP contribution in [0.2, 0.25) is 0 Å². The van der Waals surface area contributed by atoms with Gasteiger partial charge in [0.1, 0.15) is 0 Å². The highest BCUT2D eigenvalue weighted by atomic mass is 16.5. The number of carbonyl (C=O) groups excluding carboxylic acids is 1. The average molecular weight is 304 g/mol. The number of amides is 1. The minimum absolute atomic E-state index is 0.0360. The van der Waals surface area contributed by atoms with Gasteiger partial charge in [-0.2, -0.15) is 0 Å². The summed E-state index contributed by atoms with van der Waals surface area (Å²) in [7, 11) is 0. The van der Waals surface area contributed by atoms with E-state index in [9.17, 15) is 9.90 Å². The van der Waals surface area contributed by atoms with Gasteiger partial charge in [-0.15, -0.1) is 0 Å². The van der Waals surface area contributed by atoms with Gasteiger partial charge in [-0.1, -0.05) is 12.1 Å². The van der Waals surface area contributed by atoms with E-state index in [0.29, 0.717) is 6.61 Å². The van der Waals surface area contributed by atoms with Crippen molar-refractivity contribution in [1.29, 1.82) is 0 Å². The number of nitrogens with zero attached hydrogens (tertiary/aromatic N) is 1. The molecule has 2 aliphatic heterocycles. The molecule has 120 valence electrons. The Balaban J connectivity index is 1.57. The summed E-state index contributed by atoms with van der Waals surface area (Å²) in [6, 6.07) is 7.97. The van der Waals surface area contributed by atoms with Gasteiger partial charge >= 0.3 is 0 Å². The van der Waals surface area contributed by atoms with Crippen molar-refractivity contribution in [3.63, 3.8) is 0 Å². The Morgan fingerprint density at radius 2 is 2.32 bits per heavy atom. The van der Waals surface area contributed by atoms with Crippen LogP contribution in [-0.2, 0) is 16.1 Å². The van der Waals surface area contributed by atoms with Crippen LogP contribution in [0.15, 0.2) is 24.3 Å². The largest absolute Gasteiger partial charge is 0.392 e. The molecule has 3 rings (SSSR count). The van der Waals surface area contributed by atoms with Gasteiger partial charge in [-0.25, -0.2) is 0 Å². The maximum atomic E-state index is 12.2. The van der Waals surface area contributed by atoms with E-state index in [4.69, 9.17) is 4.74 Å². The van der Waals surface area contributed by atoms with E-state index in [1.165, 1.54) is 0 Å². The molecule has 5 nitrogen and oxygen atoms in total. The summed E-state index contributed by atoms with van der Waals surface area (Å²) in [4.78, 5) is 14.5. The topological polar surface area (TPSA) is 61.8 Å². The lowest BCUT2D eigenvalue weighted by Crippen LogP contribution is -2.30. The number of rotatable bonds is 4. The van der Waals surface area contributed by atoms with Crippen molar-refractivity contribution in [3.8, 4) is 0 Å². The molecular formula is C17H24N2O3. The van der Waals surface area contributed by atoms with Gasteiger partial charge in [0.15, 0.2) is 0 Å². The quantitative estimate of drug-likeness (QED) is 0.887. The number of anilines is 1. The van der Waals surface area contributed by atoms with Crippen LogP contribution in [0.1, 0.15) is 24.8 Å². The Hall–Kier alpha value is -1.43. The third-order valence-corrected chi connectivity index (χ3v) is 4.38. The molecule has 0 radical (unpaired) electrons. The smallest absolute Gasteiger partial charge is 0.229 e. The first kappa shape index (κ1) is 15.5. The van der Waals surface area contributed by atoms with Gasteiger partial charge in [0, 0.05) is 31.9 Å². The van der Waals surface area contributed by atoms with Crippen LogP contribution in [-0.4, -0.2) is 48.3 Å². The second-order valence-corrected chi connectivity index (χ2v) is 6.28. The normalized spacial score (nSPS) is 26.0. The van der Waals surface area contributed by atoms with Crippen molar-refractivity contribution in [1.82, 2.24) is 4.90 Å². The van der Waals surface area contributed by atoms with Crippen LogP contribution in [0, 0.1) is 5.92 Å². The molecular weight excluding hydrogens is 280 g/mol. The van der Waals surface area contributed by atoms with Crippen molar-refractivity contribution < 1.29 is 14.6 Å². The van der Waals surface area contributed by atoms with Crippen LogP contribution in [0.3, 0.4) is 0 Å². The van der Waals surface area contributed by atoms with E-state index in [-0.39, 0.29) is 17.9 Å². The van der Waals surface area contributed by atoms with Crippen molar-refractivity contribution >= 4 is 11.6 Å². The minimum atomic E-state index is -0.200. The monoisotopic (exact) mass is 304 g/mol. The molecule has 1 aromatic carbocycles. The summed E-state index contributed by atoms with van der Waals surface area (Å²) in [6.45, 7) is 3.76. The maximum absolute atomic E-state index is 12.2. The van der Waals surface area contributed by atoms with E-state index in [0.717, 1.165) is 56.8 Å². The number of β-amino-alcohol motifs (C(OH)–C–C–N with tert-alkyl or cyclic N) is 1. The number of benzene rings is 1. The summed E-state index contributed by atoms with van der Waals surface area (Å²) in [5, 5.41) is 12.6. The molecule has 2 saturated heterocycles. The molecule has 0 saturated carbocycles. The Kier molecular flexibility index (Phi) is 5.08. The van der Waals surface area contributed by atoms with Gasteiger partial charge in [-0.05, 0) is 37.0 Å². The van der Waals surface area contributed by atoms with Crippen LogP contribution in [0.5, 0.6) is 0 Å². The number of nitrogens with one attached hydrogen (secondary N) is 1. The van der Waals surface area contributed by atoms with Gasteiger partial charge < -0.3 is 15.2 Å². The molecule has 0 aromatic heterocycles. The highest BCUT2D eigenvalue weighted by Crippen LogP contribution is 2.19. The Morgan fingerprint density at radius 1 is 1.41 bits per heavy atom. The molecule has 22 heavy (non-hydrogen) atoms. The van der Waals surface area contributed by atoms with Gasteiger partial charge in [0.2, 0.25) is 5.91 Å². The van der Waals surface area contributed by atoms with Gasteiger partial charge in [0.05, 0.1) is 18.6 Å². The molecule has 5 heteroatoms. The molecule has 2 heterocycles. The molecule has 2 fully saturated rings. The SMILES string of the molecule is O=C(Nc1cccc(CN2CC[C@@H](O)C2)c1)[C@@H]1CCCOC1. The van der Waals surface area contributed by atoms with Crippen molar-refractivity contribution in [2.45, 2.75) is 31.9 Å². The number of hydrogen-bond acceptors (Lipinski definition) is 4. The lowest BCUT2D eigenvalue weighted by molar-refractivity contribution is -0.123. The highest BCUT2D eigenvalue weighted by molar-refractivity contribution is 5.92. The minimum Gasteiger partial charge on any atom is -0.392 e. The van der Waals surface area contributed by atoms with Crippen LogP contribution >= 0.6 is 0 Å². The fourth-order valence-electron chi connectivity index (χ4n) is 3.15. The van der Waals surface area contributed by atoms with Crippen molar-refractivity contribution in [3.05, 3.63) is 29.8 Å². The van der Waals surface area contributed by atoms with Gasteiger partial charge in [0.25, 0.3) is 0 Å². The standard InChI is InChI=1S/C17H24N2O3/c20-16-6-7-19(11-16)10-13-3-1-5-15(9-13)18-17(21)14-4-2-8-22-12-14/h1,3,5,9,14,16,20H,2,4,6-8,10-12H2,(H,18,21)/t14-,16-/m1/s1. The fourth-order valence-corrected chi connectivity index (χ4v) is 3.15. The first-order chi connectivity index (χ1) is 10.7. The Bertz CT molecular complexity index is 514. The molecule has 0 spiro atoms. The predicted octanol–water partition coefficient (Wildman–Crippen LogP) is 1.62. The molecule has 0 unspecified atom stereocenters. The maximum Gasteiger partial charge on any atom is 0.229 e. The van der Waals surface area contributed by atoms with E-state index < -0.39 is 0 Å². The van der Waals surface area contributed by atoms with E-state index in [1.807, 2.05) is 18.2 Å². The molecule has 0 bridgehead atoms. The zero-order valence-electron chi connectivity index (χ0n) is 12.8. The van der Waals surface area contributed by atoms with Crippen molar-refractivity contribution in [2.24, 2.45) is 5.92 Å². The lowest BCUT2D eigenvalue weighted by atomic mass is 10.0. The third kappa shape index (κ3) is 4.06. The summed E-state index contributed by atoms with van der Waals surface area (Å²) in [6.07, 6.45) is 2.50. The molecule has 2 aliphatic rings. The van der Waals surface area contributed by atoms with Crippen LogP contribution in [0.4, 0.5) is 5.69 Å². The van der Waals surface area contributed by atoms with E-state index >= 15 is 0 Å². The van der Waals surface area contributed by atoms with Crippen LogP contribution < -0.4 is 5.32 Å². The fraction of sp³-hybridized carbons (Fsp3) is 0.588.